The minimum absolute atomic E-state index is 0.415. The molecule has 0 amide bonds. The van der Waals surface area contributed by atoms with Gasteiger partial charge in [-0.25, -0.2) is 0 Å². The van der Waals surface area contributed by atoms with Crippen molar-refractivity contribution in [2.24, 2.45) is 11.8 Å². The summed E-state index contributed by atoms with van der Waals surface area (Å²) >= 11 is 0. The molecular weight excluding hydrogens is 344 g/mol. The van der Waals surface area contributed by atoms with Crippen LogP contribution in [0.5, 0.6) is 11.5 Å². The summed E-state index contributed by atoms with van der Waals surface area (Å²) in [5.74, 6) is 3.98. The fourth-order valence-corrected chi connectivity index (χ4v) is 5.71. The number of phenols is 2. The van der Waals surface area contributed by atoms with Gasteiger partial charge in [0.15, 0.2) is 0 Å². The third-order valence-corrected chi connectivity index (χ3v) is 7.59. The number of aryl methyl sites for hydroxylation is 2. The van der Waals surface area contributed by atoms with Crippen LogP contribution >= 0.6 is 0 Å². The average molecular weight is 379 g/mol. The van der Waals surface area contributed by atoms with Crippen LogP contribution in [0.25, 0.3) is 0 Å². The molecular formula is C26H34O2. The summed E-state index contributed by atoms with van der Waals surface area (Å²) in [5.41, 5.74) is 4.84. The first-order chi connectivity index (χ1) is 13.5. The van der Waals surface area contributed by atoms with Gasteiger partial charge in [0, 0.05) is 0 Å². The molecule has 0 atom stereocenters. The third-order valence-electron chi connectivity index (χ3n) is 7.59. The van der Waals surface area contributed by atoms with E-state index in [1.165, 1.54) is 62.5 Å². The van der Waals surface area contributed by atoms with E-state index in [1.54, 1.807) is 0 Å². The smallest absolute Gasteiger partial charge is 0.118 e. The van der Waals surface area contributed by atoms with Crippen molar-refractivity contribution in [3.63, 3.8) is 0 Å². The predicted molar refractivity (Wildman–Crippen MR) is 115 cm³/mol. The highest BCUT2D eigenvalue weighted by atomic mass is 16.3. The Morgan fingerprint density at radius 2 is 0.929 bits per heavy atom. The minimum atomic E-state index is 0.415. The lowest BCUT2D eigenvalue weighted by Gasteiger charge is -2.38. The summed E-state index contributed by atoms with van der Waals surface area (Å²) in [7, 11) is 0. The van der Waals surface area contributed by atoms with Gasteiger partial charge in [-0.3, -0.25) is 0 Å². The molecule has 2 aromatic rings. The van der Waals surface area contributed by atoms with Crippen LogP contribution in [0.3, 0.4) is 0 Å². The molecule has 0 spiro atoms. The highest BCUT2D eigenvalue weighted by molar-refractivity contribution is 5.37. The summed E-state index contributed by atoms with van der Waals surface area (Å²) in [4.78, 5) is 0. The lowest BCUT2D eigenvalue weighted by Crippen LogP contribution is -2.25. The number of hydrogen-bond donors (Lipinski definition) is 2. The van der Waals surface area contributed by atoms with E-state index in [0.29, 0.717) is 23.3 Å². The summed E-state index contributed by atoms with van der Waals surface area (Å²) < 4.78 is 0. The molecule has 4 rings (SSSR count). The minimum Gasteiger partial charge on any atom is -0.508 e. The SMILES string of the molecule is Cc1cc(C2CCC(C3CCC(c4ccc(O)c(C)c4)CC3)CC2)ccc1O. The third kappa shape index (κ3) is 4.06. The molecule has 2 fully saturated rings. The Morgan fingerprint density at radius 1 is 0.571 bits per heavy atom. The molecule has 28 heavy (non-hydrogen) atoms. The number of rotatable bonds is 3. The predicted octanol–water partition coefficient (Wildman–Crippen LogP) is 6.96. The van der Waals surface area contributed by atoms with Crippen LogP contribution in [0, 0.1) is 25.7 Å². The molecule has 2 heteroatoms. The lowest BCUT2D eigenvalue weighted by molar-refractivity contribution is 0.177. The highest BCUT2D eigenvalue weighted by Crippen LogP contribution is 2.46. The zero-order valence-electron chi connectivity index (χ0n) is 17.3. The Balaban J connectivity index is 1.30. The maximum absolute atomic E-state index is 9.77. The van der Waals surface area contributed by atoms with Gasteiger partial charge >= 0.3 is 0 Å². The van der Waals surface area contributed by atoms with Gasteiger partial charge < -0.3 is 10.2 Å². The van der Waals surface area contributed by atoms with Gasteiger partial charge in [0.25, 0.3) is 0 Å². The fraction of sp³-hybridized carbons (Fsp3) is 0.538. The molecule has 2 aromatic carbocycles. The second-order valence-corrected chi connectivity index (χ2v) is 9.32. The van der Waals surface area contributed by atoms with E-state index < -0.39 is 0 Å². The van der Waals surface area contributed by atoms with Gasteiger partial charge in [-0.05, 0) is 123 Å². The van der Waals surface area contributed by atoms with E-state index in [1.807, 2.05) is 26.0 Å². The molecule has 0 saturated heterocycles. The van der Waals surface area contributed by atoms with Crippen LogP contribution in [0.1, 0.15) is 85.5 Å². The Morgan fingerprint density at radius 3 is 1.25 bits per heavy atom. The molecule has 2 saturated carbocycles. The summed E-state index contributed by atoms with van der Waals surface area (Å²) in [6.45, 7) is 4.00. The van der Waals surface area contributed by atoms with Crippen molar-refractivity contribution in [3.8, 4) is 11.5 Å². The molecule has 2 nitrogen and oxygen atoms in total. The van der Waals surface area contributed by atoms with E-state index >= 15 is 0 Å². The van der Waals surface area contributed by atoms with Crippen molar-refractivity contribution in [1.29, 1.82) is 0 Å². The largest absolute Gasteiger partial charge is 0.508 e. The first kappa shape index (κ1) is 19.4. The fourth-order valence-electron chi connectivity index (χ4n) is 5.71. The van der Waals surface area contributed by atoms with Crippen LogP contribution in [0.4, 0.5) is 0 Å². The molecule has 2 N–H and O–H groups in total. The van der Waals surface area contributed by atoms with Gasteiger partial charge in [0.1, 0.15) is 11.5 Å². The van der Waals surface area contributed by atoms with Crippen LogP contribution < -0.4 is 0 Å². The number of hydrogen-bond acceptors (Lipinski definition) is 2. The first-order valence-electron chi connectivity index (χ1n) is 11.1. The molecule has 2 aliphatic rings. The summed E-state index contributed by atoms with van der Waals surface area (Å²) in [5, 5.41) is 19.5. The first-order valence-corrected chi connectivity index (χ1v) is 11.1. The zero-order chi connectivity index (χ0) is 19.7. The second-order valence-electron chi connectivity index (χ2n) is 9.32. The number of phenolic OH excluding ortho intramolecular Hbond substituents is 2. The molecule has 0 radical (unpaired) electrons. The highest BCUT2D eigenvalue weighted by Gasteiger charge is 2.31. The average Bonchev–Trinajstić information content (AvgIpc) is 2.72. The van der Waals surface area contributed by atoms with Crippen molar-refractivity contribution in [3.05, 3.63) is 58.7 Å². The van der Waals surface area contributed by atoms with Gasteiger partial charge in [-0.15, -0.1) is 0 Å². The van der Waals surface area contributed by atoms with E-state index in [-0.39, 0.29) is 0 Å². The molecule has 0 unspecified atom stereocenters. The molecule has 150 valence electrons. The zero-order valence-corrected chi connectivity index (χ0v) is 17.3. The maximum atomic E-state index is 9.77. The van der Waals surface area contributed by atoms with E-state index in [2.05, 4.69) is 24.3 Å². The topological polar surface area (TPSA) is 40.5 Å². The summed E-state index contributed by atoms with van der Waals surface area (Å²) in [6.07, 6.45) is 10.6. The van der Waals surface area contributed by atoms with Crippen molar-refractivity contribution >= 4 is 0 Å². The van der Waals surface area contributed by atoms with E-state index in [0.717, 1.165) is 23.0 Å². The Hall–Kier alpha value is -1.96. The standard InChI is InChI=1S/C26H34O2/c1-17-15-23(11-13-25(17)27)21-7-3-19(4-8-21)20-5-9-22(10-6-20)24-12-14-26(28)18(2)16-24/h11-16,19-22,27-28H,3-10H2,1-2H3. The molecule has 0 aromatic heterocycles. The van der Waals surface area contributed by atoms with Gasteiger partial charge in [0.05, 0.1) is 0 Å². The van der Waals surface area contributed by atoms with Crippen LogP contribution in [0.2, 0.25) is 0 Å². The quantitative estimate of drug-likeness (QED) is 0.606. The van der Waals surface area contributed by atoms with Gasteiger partial charge in [-0.2, -0.15) is 0 Å². The normalized spacial score (nSPS) is 28.2. The second kappa shape index (κ2) is 8.19. The van der Waals surface area contributed by atoms with Gasteiger partial charge in [-0.1, -0.05) is 24.3 Å². The Bertz CT molecular complexity index is 740. The monoisotopic (exact) mass is 378 g/mol. The summed E-state index contributed by atoms with van der Waals surface area (Å²) in [6, 6.07) is 12.3. The van der Waals surface area contributed by atoms with Crippen molar-refractivity contribution in [1.82, 2.24) is 0 Å². The van der Waals surface area contributed by atoms with E-state index in [9.17, 15) is 10.2 Å². The number of aromatic hydroxyl groups is 2. The molecule has 2 aliphatic carbocycles. The van der Waals surface area contributed by atoms with Crippen LogP contribution in [-0.4, -0.2) is 10.2 Å². The van der Waals surface area contributed by atoms with Crippen LogP contribution in [-0.2, 0) is 0 Å². The Labute approximate surface area is 169 Å². The van der Waals surface area contributed by atoms with Crippen molar-refractivity contribution in [2.45, 2.75) is 77.0 Å². The van der Waals surface area contributed by atoms with Crippen LogP contribution in [0.15, 0.2) is 36.4 Å². The maximum Gasteiger partial charge on any atom is 0.118 e. The van der Waals surface area contributed by atoms with Crippen molar-refractivity contribution in [2.75, 3.05) is 0 Å². The van der Waals surface area contributed by atoms with E-state index in [4.69, 9.17) is 0 Å². The molecule has 0 aliphatic heterocycles. The Kier molecular flexibility index (Phi) is 5.66. The van der Waals surface area contributed by atoms with Crippen molar-refractivity contribution < 1.29 is 10.2 Å². The number of benzene rings is 2. The molecule has 0 bridgehead atoms. The van der Waals surface area contributed by atoms with Gasteiger partial charge in [0.2, 0.25) is 0 Å². The molecule has 0 heterocycles. The lowest BCUT2D eigenvalue weighted by atomic mass is 9.67.